The van der Waals surface area contributed by atoms with Crippen LogP contribution in [0.25, 0.3) is 0 Å². The van der Waals surface area contributed by atoms with Crippen molar-refractivity contribution in [3.63, 3.8) is 0 Å². The molecular formula is C20H29N3O5. The second kappa shape index (κ2) is 9.43. The minimum Gasteiger partial charge on any atom is -0.497 e. The van der Waals surface area contributed by atoms with Crippen molar-refractivity contribution in [3.8, 4) is 5.75 Å². The van der Waals surface area contributed by atoms with E-state index in [2.05, 4.69) is 10.6 Å². The number of nitrogens with one attached hydrogen (secondary N) is 2. The van der Waals surface area contributed by atoms with Crippen LogP contribution in [0.15, 0.2) is 24.3 Å². The van der Waals surface area contributed by atoms with Crippen molar-refractivity contribution in [2.45, 2.75) is 45.3 Å². The first kappa shape index (κ1) is 21.5. The van der Waals surface area contributed by atoms with Gasteiger partial charge < -0.3 is 25.0 Å². The van der Waals surface area contributed by atoms with Crippen molar-refractivity contribution in [3.05, 3.63) is 29.8 Å². The van der Waals surface area contributed by atoms with Gasteiger partial charge in [-0.1, -0.05) is 0 Å². The summed E-state index contributed by atoms with van der Waals surface area (Å²) in [6, 6.07) is 6.93. The molecule has 8 nitrogen and oxygen atoms in total. The number of methoxy groups -OCH3 is 1. The highest BCUT2D eigenvalue weighted by atomic mass is 16.6. The third-order valence-corrected chi connectivity index (χ3v) is 4.32. The Labute approximate surface area is 165 Å². The fraction of sp³-hybridized carbons (Fsp3) is 0.550. The minimum absolute atomic E-state index is 0.0115. The zero-order valence-corrected chi connectivity index (χ0v) is 16.9. The van der Waals surface area contributed by atoms with Crippen molar-refractivity contribution >= 4 is 17.9 Å². The molecule has 1 aromatic rings. The van der Waals surface area contributed by atoms with Crippen molar-refractivity contribution in [2.75, 3.05) is 26.7 Å². The SMILES string of the molecule is COc1ccc(C(=O)NC2CCN(C(=O)CNC(=O)OC(C)(C)C)CC2)cc1. The van der Waals surface area contributed by atoms with Gasteiger partial charge in [-0.05, 0) is 57.9 Å². The van der Waals surface area contributed by atoms with Crippen LogP contribution in [0, 0.1) is 0 Å². The standard InChI is InChI=1S/C20H29N3O5/c1-20(2,3)28-19(26)21-13-17(24)23-11-9-15(10-12-23)22-18(25)14-5-7-16(27-4)8-6-14/h5-8,15H,9-13H2,1-4H3,(H,21,26)(H,22,25). The monoisotopic (exact) mass is 391 g/mol. The van der Waals surface area contributed by atoms with E-state index in [0.29, 0.717) is 37.2 Å². The first-order valence-corrected chi connectivity index (χ1v) is 9.37. The maximum Gasteiger partial charge on any atom is 0.408 e. The molecule has 0 aromatic heterocycles. The summed E-state index contributed by atoms with van der Waals surface area (Å²) >= 11 is 0. The third kappa shape index (κ3) is 6.75. The molecule has 1 aliphatic rings. The van der Waals surface area contributed by atoms with Gasteiger partial charge in [-0.15, -0.1) is 0 Å². The van der Waals surface area contributed by atoms with Crippen molar-refractivity contribution < 1.29 is 23.9 Å². The van der Waals surface area contributed by atoms with Crippen LogP contribution in [0.1, 0.15) is 44.0 Å². The molecule has 1 heterocycles. The lowest BCUT2D eigenvalue weighted by molar-refractivity contribution is -0.131. The van der Waals surface area contributed by atoms with Crippen molar-refractivity contribution in [2.24, 2.45) is 0 Å². The lowest BCUT2D eigenvalue weighted by Gasteiger charge is -2.32. The Kier molecular flexibility index (Phi) is 7.25. The van der Waals surface area contributed by atoms with Crippen LogP contribution >= 0.6 is 0 Å². The van der Waals surface area contributed by atoms with Gasteiger partial charge in [0.1, 0.15) is 17.9 Å². The van der Waals surface area contributed by atoms with Gasteiger partial charge in [0.05, 0.1) is 7.11 Å². The van der Waals surface area contributed by atoms with Gasteiger partial charge in [-0.2, -0.15) is 0 Å². The molecule has 1 saturated heterocycles. The molecule has 28 heavy (non-hydrogen) atoms. The van der Waals surface area contributed by atoms with E-state index in [4.69, 9.17) is 9.47 Å². The lowest BCUT2D eigenvalue weighted by Crippen LogP contribution is -2.49. The molecule has 2 rings (SSSR count). The predicted molar refractivity (Wildman–Crippen MR) is 104 cm³/mol. The maximum absolute atomic E-state index is 12.3. The van der Waals surface area contributed by atoms with Gasteiger partial charge in [0.25, 0.3) is 5.91 Å². The third-order valence-electron chi connectivity index (χ3n) is 4.32. The summed E-state index contributed by atoms with van der Waals surface area (Å²) in [5.74, 6) is 0.396. The normalized spacial score (nSPS) is 14.9. The Morgan fingerprint density at radius 2 is 1.71 bits per heavy atom. The molecule has 8 heteroatoms. The molecule has 0 bridgehead atoms. The highest BCUT2D eigenvalue weighted by Crippen LogP contribution is 2.14. The van der Waals surface area contributed by atoms with Gasteiger partial charge >= 0.3 is 6.09 Å². The molecule has 0 spiro atoms. The zero-order chi connectivity index (χ0) is 20.7. The number of hydrogen-bond donors (Lipinski definition) is 2. The summed E-state index contributed by atoms with van der Waals surface area (Å²) in [7, 11) is 1.58. The number of benzene rings is 1. The van der Waals surface area contributed by atoms with Crippen LogP contribution in [0.5, 0.6) is 5.75 Å². The Morgan fingerprint density at radius 3 is 2.25 bits per heavy atom. The molecule has 3 amide bonds. The van der Waals surface area contributed by atoms with Gasteiger partial charge in [-0.25, -0.2) is 4.79 Å². The second-order valence-electron chi connectivity index (χ2n) is 7.71. The average Bonchev–Trinajstić information content (AvgIpc) is 2.65. The number of likely N-dealkylation sites (tertiary alicyclic amines) is 1. The summed E-state index contributed by atoms with van der Waals surface area (Å²) in [5.41, 5.74) is -0.0334. The van der Waals surface area contributed by atoms with E-state index < -0.39 is 11.7 Å². The topological polar surface area (TPSA) is 97.0 Å². The number of rotatable bonds is 5. The van der Waals surface area contributed by atoms with Gasteiger partial charge in [0.15, 0.2) is 0 Å². The Morgan fingerprint density at radius 1 is 1.11 bits per heavy atom. The Bertz CT molecular complexity index is 689. The fourth-order valence-electron chi connectivity index (χ4n) is 2.86. The molecule has 2 N–H and O–H groups in total. The van der Waals surface area contributed by atoms with Gasteiger partial charge in [0.2, 0.25) is 5.91 Å². The number of nitrogens with zero attached hydrogens (tertiary/aromatic N) is 1. The quantitative estimate of drug-likeness (QED) is 0.800. The minimum atomic E-state index is -0.609. The number of amides is 3. The fourth-order valence-corrected chi connectivity index (χ4v) is 2.86. The summed E-state index contributed by atoms with van der Waals surface area (Å²) in [5, 5.41) is 5.48. The molecule has 0 unspecified atom stereocenters. The predicted octanol–water partition coefficient (Wildman–Crippen LogP) is 1.94. The molecule has 1 fully saturated rings. The largest absolute Gasteiger partial charge is 0.497 e. The summed E-state index contributed by atoms with van der Waals surface area (Å²) in [4.78, 5) is 37.9. The van der Waals surface area contributed by atoms with Crippen LogP contribution in [0.3, 0.4) is 0 Å². The smallest absolute Gasteiger partial charge is 0.408 e. The number of carbonyl (C=O) groups is 3. The van der Waals surface area contributed by atoms with E-state index in [1.54, 1.807) is 57.0 Å². The summed E-state index contributed by atoms with van der Waals surface area (Å²) < 4.78 is 10.2. The van der Waals surface area contributed by atoms with Crippen LogP contribution in [-0.2, 0) is 9.53 Å². The van der Waals surface area contributed by atoms with E-state index in [-0.39, 0.29) is 24.4 Å². The zero-order valence-electron chi connectivity index (χ0n) is 16.9. The molecule has 0 radical (unpaired) electrons. The molecule has 0 aliphatic carbocycles. The van der Waals surface area contributed by atoms with Crippen LogP contribution in [-0.4, -0.2) is 61.2 Å². The van der Waals surface area contributed by atoms with Gasteiger partial charge in [-0.3, -0.25) is 9.59 Å². The van der Waals surface area contributed by atoms with E-state index in [9.17, 15) is 14.4 Å². The first-order chi connectivity index (χ1) is 13.2. The Hall–Kier alpha value is -2.77. The summed E-state index contributed by atoms with van der Waals surface area (Å²) in [6.45, 7) is 6.25. The number of carbonyl (C=O) groups excluding carboxylic acids is 3. The molecular weight excluding hydrogens is 362 g/mol. The molecule has 0 saturated carbocycles. The van der Waals surface area contributed by atoms with Crippen LogP contribution in [0.2, 0.25) is 0 Å². The average molecular weight is 391 g/mol. The van der Waals surface area contributed by atoms with Crippen molar-refractivity contribution in [1.82, 2.24) is 15.5 Å². The van der Waals surface area contributed by atoms with Crippen LogP contribution in [0.4, 0.5) is 4.79 Å². The number of ether oxygens (including phenoxy) is 2. The number of hydrogen-bond acceptors (Lipinski definition) is 5. The second-order valence-corrected chi connectivity index (χ2v) is 7.71. The number of piperidine rings is 1. The molecule has 1 aliphatic heterocycles. The molecule has 154 valence electrons. The van der Waals surface area contributed by atoms with Crippen LogP contribution < -0.4 is 15.4 Å². The van der Waals surface area contributed by atoms with E-state index >= 15 is 0 Å². The molecule has 0 atom stereocenters. The number of alkyl carbamates (subject to hydrolysis) is 1. The van der Waals surface area contributed by atoms with Gasteiger partial charge in [0, 0.05) is 24.7 Å². The first-order valence-electron chi connectivity index (χ1n) is 9.37. The summed E-state index contributed by atoms with van der Waals surface area (Å²) in [6.07, 6.45) is 0.725. The maximum atomic E-state index is 12.3. The van der Waals surface area contributed by atoms with E-state index in [0.717, 1.165) is 0 Å². The van der Waals surface area contributed by atoms with Crippen molar-refractivity contribution in [1.29, 1.82) is 0 Å². The highest BCUT2D eigenvalue weighted by molar-refractivity contribution is 5.94. The van der Waals surface area contributed by atoms with E-state index in [1.165, 1.54) is 0 Å². The molecule has 1 aromatic carbocycles. The highest BCUT2D eigenvalue weighted by Gasteiger charge is 2.25. The lowest BCUT2D eigenvalue weighted by atomic mass is 10.0. The van der Waals surface area contributed by atoms with E-state index in [1.807, 2.05) is 0 Å². The Balaban J connectivity index is 1.73.